The van der Waals surface area contributed by atoms with Crippen molar-refractivity contribution in [1.82, 2.24) is 15.6 Å². The third-order valence-electron chi connectivity index (χ3n) is 3.50. The van der Waals surface area contributed by atoms with Crippen molar-refractivity contribution in [2.24, 2.45) is 0 Å². The van der Waals surface area contributed by atoms with Gasteiger partial charge in [0.2, 0.25) is 0 Å². The van der Waals surface area contributed by atoms with Gasteiger partial charge in [0.25, 0.3) is 0 Å². The van der Waals surface area contributed by atoms with Gasteiger partial charge in [0.1, 0.15) is 5.01 Å². The van der Waals surface area contributed by atoms with Crippen LogP contribution < -0.4 is 10.6 Å². The molecule has 1 aliphatic heterocycles. The molecule has 1 aromatic rings. The lowest BCUT2D eigenvalue weighted by Gasteiger charge is -2.22. The van der Waals surface area contributed by atoms with Gasteiger partial charge in [-0.2, -0.15) is 0 Å². The Morgan fingerprint density at radius 3 is 2.90 bits per heavy atom. The molecule has 112 valence electrons. The van der Waals surface area contributed by atoms with Crippen molar-refractivity contribution in [3.05, 3.63) is 15.6 Å². The Kier molecular flexibility index (Phi) is 5.79. The largest absolute Gasteiger partial charge is 0.378 e. The van der Waals surface area contributed by atoms with Gasteiger partial charge in [-0.15, -0.1) is 11.3 Å². The molecule has 1 aromatic heterocycles. The number of carbonyl (C=O) groups excluding carboxylic acids is 1. The molecule has 2 amide bonds. The first-order valence-corrected chi connectivity index (χ1v) is 8.03. The van der Waals surface area contributed by atoms with Crippen LogP contribution in [0.4, 0.5) is 4.79 Å². The monoisotopic (exact) mass is 297 g/mol. The molecule has 0 bridgehead atoms. The van der Waals surface area contributed by atoms with Gasteiger partial charge in [0.15, 0.2) is 0 Å². The van der Waals surface area contributed by atoms with Crippen LogP contribution in [0.1, 0.15) is 41.3 Å². The highest BCUT2D eigenvalue weighted by atomic mass is 32.1. The molecule has 1 saturated heterocycles. The van der Waals surface area contributed by atoms with Gasteiger partial charge in [-0.3, -0.25) is 0 Å². The Morgan fingerprint density at radius 2 is 2.25 bits per heavy atom. The smallest absolute Gasteiger partial charge is 0.315 e. The number of hydrogen-bond donors (Lipinski definition) is 2. The second-order valence-corrected chi connectivity index (χ2v) is 6.42. The molecule has 6 heteroatoms. The Bertz CT molecular complexity index is 422. The van der Waals surface area contributed by atoms with Crippen LogP contribution in [-0.2, 0) is 11.3 Å². The van der Waals surface area contributed by atoms with E-state index in [-0.39, 0.29) is 6.03 Å². The first-order chi connectivity index (χ1) is 9.65. The van der Waals surface area contributed by atoms with E-state index in [0.717, 1.165) is 36.6 Å². The van der Waals surface area contributed by atoms with E-state index < -0.39 is 0 Å². The van der Waals surface area contributed by atoms with Crippen molar-refractivity contribution in [1.29, 1.82) is 0 Å². The van der Waals surface area contributed by atoms with Crippen molar-refractivity contribution in [3.63, 3.8) is 0 Å². The van der Waals surface area contributed by atoms with Crippen molar-refractivity contribution < 1.29 is 9.53 Å². The minimum absolute atomic E-state index is 0.133. The van der Waals surface area contributed by atoms with Crippen LogP contribution >= 0.6 is 11.3 Å². The summed E-state index contributed by atoms with van der Waals surface area (Å²) in [4.78, 5) is 17.3. The maximum absolute atomic E-state index is 11.7. The van der Waals surface area contributed by atoms with E-state index in [4.69, 9.17) is 4.74 Å². The summed E-state index contributed by atoms with van der Waals surface area (Å²) in [6.07, 6.45) is 4.72. The maximum Gasteiger partial charge on any atom is 0.315 e. The summed E-state index contributed by atoms with van der Waals surface area (Å²) in [5.74, 6) is 0. The van der Waals surface area contributed by atoms with Gasteiger partial charge < -0.3 is 15.4 Å². The molecule has 2 N–H and O–H groups in total. The Labute approximate surface area is 124 Å². The average molecular weight is 297 g/mol. The van der Waals surface area contributed by atoms with E-state index in [9.17, 15) is 4.79 Å². The maximum atomic E-state index is 11.7. The molecular formula is C14H23N3O2S. The summed E-state index contributed by atoms with van der Waals surface area (Å²) in [5.41, 5.74) is 1.04. The molecule has 0 unspecified atom stereocenters. The van der Waals surface area contributed by atoms with Crippen LogP contribution in [0.5, 0.6) is 0 Å². The van der Waals surface area contributed by atoms with Gasteiger partial charge in [0.05, 0.1) is 18.3 Å². The molecule has 0 aromatic carbocycles. The number of nitrogens with zero attached hydrogens (tertiary/aromatic N) is 1. The fourth-order valence-corrected chi connectivity index (χ4v) is 3.09. The molecule has 0 radical (unpaired) electrons. The minimum atomic E-state index is -0.133. The van der Waals surface area contributed by atoms with Crippen molar-refractivity contribution in [3.8, 4) is 0 Å². The molecule has 2 rings (SSSR count). The molecule has 5 nitrogen and oxygen atoms in total. The van der Waals surface area contributed by atoms with E-state index in [1.807, 2.05) is 13.8 Å². The molecule has 1 atom stereocenters. The summed E-state index contributed by atoms with van der Waals surface area (Å²) in [5, 5.41) is 6.65. The number of urea groups is 1. The molecule has 20 heavy (non-hydrogen) atoms. The zero-order valence-corrected chi connectivity index (χ0v) is 13.0. The normalized spacial score (nSPS) is 18.8. The zero-order chi connectivity index (χ0) is 14.4. The van der Waals surface area contributed by atoms with Gasteiger partial charge in [-0.1, -0.05) is 0 Å². The van der Waals surface area contributed by atoms with Crippen LogP contribution in [0.3, 0.4) is 0 Å². The molecule has 0 spiro atoms. The van der Waals surface area contributed by atoms with Crippen LogP contribution in [0.25, 0.3) is 0 Å². The van der Waals surface area contributed by atoms with E-state index in [2.05, 4.69) is 15.6 Å². The van der Waals surface area contributed by atoms with E-state index in [1.165, 1.54) is 11.3 Å². The number of ether oxygens (including phenoxy) is 1. The Morgan fingerprint density at radius 1 is 1.40 bits per heavy atom. The SMILES string of the molecule is Cc1nc(CNC(=O)NCC[C@H]2CCCCO2)sc1C. The Hall–Kier alpha value is -1.14. The van der Waals surface area contributed by atoms with Gasteiger partial charge in [0, 0.05) is 18.0 Å². The van der Waals surface area contributed by atoms with E-state index in [0.29, 0.717) is 19.2 Å². The summed E-state index contributed by atoms with van der Waals surface area (Å²) < 4.78 is 5.62. The molecule has 1 fully saturated rings. The first kappa shape index (κ1) is 15.3. The third kappa shape index (κ3) is 4.76. The predicted octanol–water partition coefficient (Wildman–Crippen LogP) is 2.52. The number of amides is 2. The molecular weight excluding hydrogens is 274 g/mol. The Balaban J connectivity index is 1.60. The lowest BCUT2D eigenvalue weighted by molar-refractivity contribution is 0.0120. The van der Waals surface area contributed by atoms with Gasteiger partial charge in [-0.25, -0.2) is 9.78 Å². The van der Waals surface area contributed by atoms with Crippen LogP contribution in [0.2, 0.25) is 0 Å². The standard InChI is InChI=1S/C14H23N3O2S/c1-10-11(2)20-13(17-10)9-16-14(18)15-7-6-12-5-3-4-8-19-12/h12H,3-9H2,1-2H3,(H2,15,16,18)/t12-/m1/s1. The number of hydrogen-bond acceptors (Lipinski definition) is 4. The van der Waals surface area contributed by atoms with Gasteiger partial charge >= 0.3 is 6.03 Å². The average Bonchev–Trinajstić information content (AvgIpc) is 2.77. The number of carbonyl (C=O) groups is 1. The highest BCUT2D eigenvalue weighted by Gasteiger charge is 2.13. The molecule has 2 heterocycles. The lowest BCUT2D eigenvalue weighted by Crippen LogP contribution is -2.37. The summed E-state index contributed by atoms with van der Waals surface area (Å²) in [6.45, 7) is 6.04. The van der Waals surface area contributed by atoms with Crippen molar-refractivity contribution in [2.75, 3.05) is 13.2 Å². The lowest BCUT2D eigenvalue weighted by atomic mass is 10.1. The highest BCUT2D eigenvalue weighted by molar-refractivity contribution is 7.11. The molecule has 0 aliphatic carbocycles. The van der Waals surface area contributed by atoms with Crippen molar-refractivity contribution >= 4 is 17.4 Å². The van der Waals surface area contributed by atoms with Crippen molar-refractivity contribution in [2.45, 2.75) is 52.2 Å². The predicted molar refractivity (Wildman–Crippen MR) is 80.0 cm³/mol. The summed E-state index contributed by atoms with van der Waals surface area (Å²) in [7, 11) is 0. The molecule has 0 saturated carbocycles. The first-order valence-electron chi connectivity index (χ1n) is 7.21. The van der Waals surface area contributed by atoms with E-state index in [1.54, 1.807) is 11.3 Å². The number of thiazole rings is 1. The van der Waals surface area contributed by atoms with Crippen LogP contribution in [0, 0.1) is 13.8 Å². The topological polar surface area (TPSA) is 63.2 Å². The second kappa shape index (κ2) is 7.59. The number of rotatable bonds is 5. The summed E-state index contributed by atoms with van der Waals surface area (Å²) >= 11 is 1.63. The number of aryl methyl sites for hydroxylation is 2. The fraction of sp³-hybridized carbons (Fsp3) is 0.714. The van der Waals surface area contributed by atoms with Crippen LogP contribution in [-0.4, -0.2) is 30.3 Å². The second-order valence-electron chi connectivity index (χ2n) is 5.14. The van der Waals surface area contributed by atoms with Gasteiger partial charge in [-0.05, 0) is 39.5 Å². The number of aromatic nitrogens is 1. The highest BCUT2D eigenvalue weighted by Crippen LogP contribution is 2.16. The fourth-order valence-electron chi connectivity index (χ4n) is 2.21. The van der Waals surface area contributed by atoms with E-state index >= 15 is 0 Å². The zero-order valence-electron chi connectivity index (χ0n) is 12.2. The third-order valence-corrected chi connectivity index (χ3v) is 4.57. The summed E-state index contributed by atoms with van der Waals surface area (Å²) in [6, 6.07) is -0.133. The minimum Gasteiger partial charge on any atom is -0.378 e. The van der Waals surface area contributed by atoms with Crippen LogP contribution in [0.15, 0.2) is 0 Å². The number of nitrogens with one attached hydrogen (secondary N) is 2. The molecule has 1 aliphatic rings. The quantitative estimate of drug-likeness (QED) is 0.878.